The summed E-state index contributed by atoms with van der Waals surface area (Å²) in [6, 6.07) is 8.39. The summed E-state index contributed by atoms with van der Waals surface area (Å²) in [5.41, 5.74) is 1.79. The van der Waals surface area contributed by atoms with Gasteiger partial charge in [-0.05, 0) is 53.6 Å². The van der Waals surface area contributed by atoms with Crippen LogP contribution in [0.4, 0.5) is 0 Å². The molecule has 1 aliphatic rings. The first-order valence-corrected chi connectivity index (χ1v) is 13.4. The van der Waals surface area contributed by atoms with Gasteiger partial charge in [0, 0.05) is 55.1 Å². The fourth-order valence-electron chi connectivity index (χ4n) is 4.29. The number of hydrogen-bond donors (Lipinski definition) is 1. The number of aliphatic carboxylic acids is 2. The number of rotatable bonds is 14. The van der Waals surface area contributed by atoms with Crippen LogP contribution in [0.1, 0.15) is 52.9 Å². The number of carboxylic acid groups (broad SMARTS) is 2. The molecule has 0 saturated carbocycles. The predicted octanol–water partition coefficient (Wildman–Crippen LogP) is -4.44. The van der Waals surface area contributed by atoms with Crippen molar-refractivity contribution in [3.05, 3.63) is 46.3 Å². The number of nitrogens with zero attached hydrogens (tertiary/aromatic N) is 1. The van der Waals surface area contributed by atoms with Gasteiger partial charge in [-0.15, -0.1) is 11.3 Å². The van der Waals surface area contributed by atoms with E-state index in [9.17, 15) is 34.5 Å². The second kappa shape index (κ2) is 16.5. The van der Waals surface area contributed by atoms with E-state index >= 15 is 0 Å². The Labute approximate surface area is 290 Å². The number of phenolic OH excluding ortho intramolecular Hbond substituents is 1. The summed E-state index contributed by atoms with van der Waals surface area (Å²) in [5.74, 6) is -1.93. The first-order chi connectivity index (χ1) is 19.1. The molecule has 4 rings (SSSR count). The Morgan fingerprint density at radius 2 is 1.43 bits per heavy atom. The van der Waals surface area contributed by atoms with Crippen molar-refractivity contribution in [1.82, 2.24) is 4.90 Å². The summed E-state index contributed by atoms with van der Waals surface area (Å²) < 4.78 is 17.7. The number of amides is 1. The summed E-state index contributed by atoms with van der Waals surface area (Å²) in [5, 5.41) is 32.3. The number of Topliss-reactive ketones (excluding diaryl/α,β-unsaturated/α-hetero) is 1. The van der Waals surface area contributed by atoms with E-state index in [1.807, 2.05) is 6.07 Å². The Morgan fingerprint density at radius 1 is 0.833 bits per heavy atom. The topological polar surface area (TPSA) is 166 Å². The molecule has 1 N–H and O–H groups in total. The van der Waals surface area contributed by atoms with Crippen molar-refractivity contribution in [3.63, 3.8) is 0 Å². The van der Waals surface area contributed by atoms with Crippen molar-refractivity contribution in [2.75, 3.05) is 20.3 Å². The molecule has 3 aromatic rings. The Balaban J connectivity index is 0.00000308. The first kappa shape index (κ1) is 35.9. The number of fused-ring (bicyclic) bond motifs is 2. The van der Waals surface area contributed by atoms with E-state index in [0.29, 0.717) is 46.0 Å². The largest absolute Gasteiger partial charge is 1.00 e. The molecule has 11 nitrogen and oxygen atoms in total. The molecular weight excluding hydrogens is 588 g/mol. The number of methoxy groups -OCH3 is 1. The van der Waals surface area contributed by atoms with Crippen molar-refractivity contribution < 1.29 is 108 Å². The number of ketones is 1. The minimum absolute atomic E-state index is 0. The quantitative estimate of drug-likeness (QED) is 0.106. The maximum absolute atomic E-state index is 12.3. The molecule has 0 spiro atoms. The van der Waals surface area contributed by atoms with Crippen molar-refractivity contribution in [1.29, 1.82) is 0 Å². The smallest absolute Gasteiger partial charge is 0.550 e. The van der Waals surface area contributed by atoms with Gasteiger partial charge in [-0.2, -0.15) is 0 Å². The normalized spacial score (nSPS) is 11.7. The van der Waals surface area contributed by atoms with Gasteiger partial charge < -0.3 is 44.0 Å². The standard InChI is InChI=1S/C28H29NO10S.2Na/c1-37-22-10-17-14-29(26(32)4-6-28(35)36)15-18(17)11-23(22)39-8-2-7-38-21-9-16-12-25(19(30)3-5-27(33)34)40-24(16)13-20(21)31;;/h9-13,31H,2-8,14-15H2,1H3,(H,33,34)(H,35,36);;/q;2*+1/p-2. The zero-order valence-electron chi connectivity index (χ0n) is 23.7. The van der Waals surface area contributed by atoms with E-state index in [4.69, 9.17) is 14.2 Å². The molecule has 2 aromatic carbocycles. The molecule has 42 heavy (non-hydrogen) atoms. The van der Waals surface area contributed by atoms with Gasteiger partial charge in [-0.3, -0.25) is 9.59 Å². The number of phenols is 1. The number of ether oxygens (including phenoxy) is 3. The van der Waals surface area contributed by atoms with Crippen LogP contribution in [0.2, 0.25) is 0 Å². The van der Waals surface area contributed by atoms with E-state index in [1.54, 1.807) is 23.1 Å². The summed E-state index contributed by atoms with van der Waals surface area (Å²) in [7, 11) is 1.52. The number of aromatic hydroxyl groups is 1. The number of carboxylic acids is 2. The molecule has 0 atom stereocenters. The van der Waals surface area contributed by atoms with Gasteiger partial charge in [-0.25, -0.2) is 0 Å². The number of thiophene rings is 1. The van der Waals surface area contributed by atoms with Crippen LogP contribution in [-0.2, 0) is 27.5 Å². The van der Waals surface area contributed by atoms with Crippen LogP contribution < -0.4 is 83.5 Å². The van der Waals surface area contributed by atoms with Crippen molar-refractivity contribution in [3.8, 4) is 23.0 Å². The van der Waals surface area contributed by atoms with Crippen molar-refractivity contribution >= 4 is 45.1 Å². The summed E-state index contributed by atoms with van der Waals surface area (Å²) in [4.78, 5) is 47.8. The predicted molar refractivity (Wildman–Crippen MR) is 139 cm³/mol. The minimum atomic E-state index is -1.28. The third-order valence-corrected chi connectivity index (χ3v) is 7.48. The number of carbonyl (C=O) groups excluding carboxylic acids is 4. The molecule has 0 saturated heterocycles. The van der Waals surface area contributed by atoms with E-state index in [-0.39, 0.29) is 121 Å². The Bertz CT molecular complexity index is 1460. The van der Waals surface area contributed by atoms with Crippen LogP contribution in [0.5, 0.6) is 23.0 Å². The second-order valence-electron chi connectivity index (χ2n) is 9.21. The van der Waals surface area contributed by atoms with Crippen LogP contribution >= 0.6 is 11.3 Å². The van der Waals surface area contributed by atoms with Gasteiger partial charge in [0.25, 0.3) is 0 Å². The fourth-order valence-corrected chi connectivity index (χ4v) is 5.34. The molecule has 1 aromatic heterocycles. The molecule has 0 radical (unpaired) electrons. The fraction of sp³-hybridized carbons (Fsp3) is 0.357. The van der Waals surface area contributed by atoms with Crippen molar-refractivity contribution in [2.24, 2.45) is 0 Å². The number of hydrogen-bond acceptors (Lipinski definition) is 11. The molecule has 0 fully saturated rings. The maximum atomic E-state index is 12.3. The van der Waals surface area contributed by atoms with Crippen molar-refractivity contribution in [2.45, 2.75) is 45.2 Å². The van der Waals surface area contributed by atoms with Crippen LogP contribution in [0, 0.1) is 0 Å². The van der Waals surface area contributed by atoms with Crippen LogP contribution in [0.25, 0.3) is 10.1 Å². The Morgan fingerprint density at radius 3 is 2.05 bits per heavy atom. The van der Waals surface area contributed by atoms with Gasteiger partial charge in [0.15, 0.2) is 28.8 Å². The third kappa shape index (κ3) is 9.34. The molecule has 14 heteroatoms. The van der Waals surface area contributed by atoms with Crippen LogP contribution in [0.3, 0.4) is 0 Å². The van der Waals surface area contributed by atoms with Crippen LogP contribution in [-0.4, -0.2) is 54.0 Å². The van der Waals surface area contributed by atoms with E-state index in [0.717, 1.165) is 11.1 Å². The summed E-state index contributed by atoms with van der Waals surface area (Å²) in [6.07, 6.45) is -0.465. The molecule has 212 valence electrons. The van der Waals surface area contributed by atoms with Gasteiger partial charge in [-0.1, -0.05) is 0 Å². The second-order valence-corrected chi connectivity index (χ2v) is 10.3. The molecule has 1 amide bonds. The maximum Gasteiger partial charge on any atom is 1.00 e. The summed E-state index contributed by atoms with van der Waals surface area (Å²) in [6.45, 7) is 1.22. The monoisotopic (exact) mass is 615 g/mol. The molecular formula is C28H27NNa2O10S. The Hall–Kier alpha value is -2.32. The van der Waals surface area contributed by atoms with E-state index < -0.39 is 11.9 Å². The average Bonchev–Trinajstić information content (AvgIpc) is 3.53. The number of carbonyl (C=O) groups is 4. The average molecular weight is 616 g/mol. The Kier molecular flexibility index (Phi) is 14.1. The molecule has 1 aliphatic heterocycles. The van der Waals surface area contributed by atoms with E-state index in [2.05, 4.69) is 0 Å². The zero-order valence-corrected chi connectivity index (χ0v) is 28.5. The summed E-state index contributed by atoms with van der Waals surface area (Å²) >= 11 is 1.17. The van der Waals surface area contributed by atoms with Crippen LogP contribution in [0.15, 0.2) is 30.3 Å². The molecule has 2 heterocycles. The zero-order chi connectivity index (χ0) is 28.8. The van der Waals surface area contributed by atoms with Gasteiger partial charge in [0.2, 0.25) is 5.91 Å². The van der Waals surface area contributed by atoms with Gasteiger partial charge in [0.05, 0.1) is 25.2 Å². The van der Waals surface area contributed by atoms with E-state index in [1.165, 1.54) is 24.5 Å². The number of benzene rings is 2. The third-order valence-electron chi connectivity index (χ3n) is 6.34. The first-order valence-electron chi connectivity index (χ1n) is 12.6. The molecule has 0 aliphatic carbocycles. The van der Waals surface area contributed by atoms with Gasteiger partial charge >= 0.3 is 59.1 Å². The SMILES string of the molecule is COc1cc2c(cc1OCCCOc1cc3cc(C(=O)CCC(=O)[O-])sc3cc1O)CN(C(=O)CCC(=O)[O-])C2.[Na+].[Na+]. The minimum Gasteiger partial charge on any atom is -0.550 e. The van der Waals surface area contributed by atoms with Gasteiger partial charge in [0.1, 0.15) is 0 Å². The molecule has 0 unspecified atom stereocenters. The molecule has 0 bridgehead atoms.